The summed E-state index contributed by atoms with van der Waals surface area (Å²) in [5.41, 5.74) is 1.21. The Bertz CT molecular complexity index is 931. The zero-order valence-electron chi connectivity index (χ0n) is 12.9. The summed E-state index contributed by atoms with van der Waals surface area (Å²) in [6, 6.07) is 7.56. The van der Waals surface area contributed by atoms with Crippen LogP contribution in [0.4, 0.5) is 10.1 Å². The van der Waals surface area contributed by atoms with Crippen molar-refractivity contribution in [1.29, 1.82) is 0 Å². The Balaban J connectivity index is 1.57. The molecule has 0 spiro atoms. The van der Waals surface area contributed by atoms with Crippen LogP contribution < -0.4 is 4.90 Å². The molecule has 8 heteroatoms. The van der Waals surface area contributed by atoms with Gasteiger partial charge in [0.05, 0.1) is 16.6 Å². The van der Waals surface area contributed by atoms with Gasteiger partial charge in [0.15, 0.2) is 0 Å². The van der Waals surface area contributed by atoms with E-state index < -0.39 is 5.82 Å². The number of carbonyl (C=O) groups excluding carboxylic acids is 1. The second kappa shape index (κ2) is 6.25. The lowest BCUT2D eigenvalue weighted by Gasteiger charge is -2.17. The SMILES string of the molecule is O=C1CC(c2nc(-c3cccnc3)no2)CN1c1ccc(F)cc1Cl. The summed E-state index contributed by atoms with van der Waals surface area (Å²) in [4.78, 5) is 22.3. The van der Waals surface area contributed by atoms with Crippen molar-refractivity contribution in [1.82, 2.24) is 15.1 Å². The van der Waals surface area contributed by atoms with Crippen LogP contribution in [-0.2, 0) is 4.79 Å². The Morgan fingerprint density at radius 3 is 2.96 bits per heavy atom. The van der Waals surface area contributed by atoms with Gasteiger partial charge in [0, 0.05) is 30.9 Å². The molecule has 1 aromatic carbocycles. The Kier molecular flexibility index (Phi) is 3.93. The maximum atomic E-state index is 13.2. The molecule has 0 bridgehead atoms. The van der Waals surface area contributed by atoms with E-state index in [-0.39, 0.29) is 23.3 Å². The summed E-state index contributed by atoms with van der Waals surface area (Å²) < 4.78 is 18.5. The molecular weight excluding hydrogens is 347 g/mol. The third-order valence-electron chi connectivity index (χ3n) is 4.04. The van der Waals surface area contributed by atoms with Gasteiger partial charge >= 0.3 is 0 Å². The molecule has 1 aliphatic heterocycles. The van der Waals surface area contributed by atoms with E-state index in [2.05, 4.69) is 15.1 Å². The van der Waals surface area contributed by atoms with Crippen molar-refractivity contribution in [3.05, 3.63) is 59.5 Å². The van der Waals surface area contributed by atoms with Gasteiger partial charge in [-0.2, -0.15) is 4.98 Å². The molecule has 1 fully saturated rings. The average molecular weight is 359 g/mol. The van der Waals surface area contributed by atoms with E-state index in [1.54, 1.807) is 18.5 Å². The number of rotatable bonds is 3. The highest BCUT2D eigenvalue weighted by atomic mass is 35.5. The molecule has 1 saturated heterocycles. The lowest BCUT2D eigenvalue weighted by atomic mass is 10.1. The number of pyridine rings is 1. The van der Waals surface area contributed by atoms with E-state index in [0.29, 0.717) is 23.9 Å². The highest BCUT2D eigenvalue weighted by Crippen LogP contribution is 2.35. The molecule has 4 rings (SSSR count). The van der Waals surface area contributed by atoms with E-state index in [9.17, 15) is 9.18 Å². The number of hydrogen-bond donors (Lipinski definition) is 0. The van der Waals surface area contributed by atoms with Crippen molar-refractivity contribution in [3.63, 3.8) is 0 Å². The van der Waals surface area contributed by atoms with E-state index in [1.165, 1.54) is 23.1 Å². The Hall–Kier alpha value is -2.80. The lowest BCUT2D eigenvalue weighted by Crippen LogP contribution is -2.24. The van der Waals surface area contributed by atoms with Gasteiger partial charge in [-0.25, -0.2) is 4.39 Å². The number of halogens is 2. The van der Waals surface area contributed by atoms with Crippen molar-refractivity contribution in [2.75, 3.05) is 11.4 Å². The molecular formula is C17H12ClFN4O2. The number of aromatic nitrogens is 3. The molecule has 1 atom stereocenters. The maximum absolute atomic E-state index is 13.2. The third-order valence-corrected chi connectivity index (χ3v) is 4.34. The van der Waals surface area contributed by atoms with Gasteiger partial charge < -0.3 is 9.42 Å². The molecule has 0 N–H and O–H groups in total. The first-order valence-corrected chi connectivity index (χ1v) is 7.99. The quantitative estimate of drug-likeness (QED) is 0.717. The molecule has 0 radical (unpaired) electrons. The topological polar surface area (TPSA) is 72.1 Å². The van der Waals surface area contributed by atoms with Crippen LogP contribution in [-0.4, -0.2) is 27.6 Å². The molecule has 3 heterocycles. The second-order valence-corrected chi connectivity index (χ2v) is 6.11. The lowest BCUT2D eigenvalue weighted by molar-refractivity contribution is -0.117. The second-order valence-electron chi connectivity index (χ2n) is 5.70. The molecule has 1 unspecified atom stereocenters. The predicted octanol–water partition coefficient (Wildman–Crippen LogP) is 3.44. The predicted molar refractivity (Wildman–Crippen MR) is 88.7 cm³/mol. The molecule has 1 aliphatic rings. The fraction of sp³-hybridized carbons (Fsp3) is 0.176. The van der Waals surface area contributed by atoms with Crippen LogP contribution >= 0.6 is 11.6 Å². The minimum atomic E-state index is -0.449. The van der Waals surface area contributed by atoms with E-state index in [0.717, 1.165) is 5.56 Å². The van der Waals surface area contributed by atoms with Crippen LogP contribution in [0.2, 0.25) is 5.02 Å². The van der Waals surface area contributed by atoms with Gasteiger partial charge in [0.1, 0.15) is 5.82 Å². The first-order valence-electron chi connectivity index (χ1n) is 7.61. The summed E-state index contributed by atoms with van der Waals surface area (Å²) in [6.07, 6.45) is 3.52. The number of amides is 1. The summed E-state index contributed by atoms with van der Waals surface area (Å²) in [7, 11) is 0. The molecule has 2 aromatic heterocycles. The summed E-state index contributed by atoms with van der Waals surface area (Å²) in [5.74, 6) is -0.0112. The highest BCUT2D eigenvalue weighted by Gasteiger charge is 2.36. The molecule has 126 valence electrons. The summed E-state index contributed by atoms with van der Waals surface area (Å²) in [5, 5.41) is 4.14. The van der Waals surface area contributed by atoms with Crippen molar-refractivity contribution in [2.45, 2.75) is 12.3 Å². The van der Waals surface area contributed by atoms with Gasteiger partial charge in [0.2, 0.25) is 17.6 Å². The number of nitrogens with zero attached hydrogens (tertiary/aromatic N) is 4. The number of carbonyl (C=O) groups is 1. The normalized spacial score (nSPS) is 17.3. The molecule has 0 aliphatic carbocycles. The van der Waals surface area contributed by atoms with Crippen LogP contribution in [0.3, 0.4) is 0 Å². The Morgan fingerprint density at radius 2 is 2.20 bits per heavy atom. The third kappa shape index (κ3) is 2.98. The maximum Gasteiger partial charge on any atom is 0.232 e. The number of anilines is 1. The number of hydrogen-bond acceptors (Lipinski definition) is 5. The van der Waals surface area contributed by atoms with Crippen LogP contribution in [0, 0.1) is 5.82 Å². The molecule has 6 nitrogen and oxygen atoms in total. The molecule has 3 aromatic rings. The van der Waals surface area contributed by atoms with Gasteiger partial charge in [-0.3, -0.25) is 9.78 Å². The monoisotopic (exact) mass is 358 g/mol. The highest BCUT2D eigenvalue weighted by molar-refractivity contribution is 6.33. The average Bonchev–Trinajstić information content (AvgIpc) is 3.23. The fourth-order valence-corrected chi connectivity index (χ4v) is 3.09. The van der Waals surface area contributed by atoms with Gasteiger partial charge in [0.25, 0.3) is 0 Å². The largest absolute Gasteiger partial charge is 0.339 e. The number of benzene rings is 1. The Labute approximate surface area is 147 Å². The minimum absolute atomic E-state index is 0.125. The molecule has 0 saturated carbocycles. The first-order chi connectivity index (χ1) is 12.1. The van der Waals surface area contributed by atoms with Crippen LogP contribution in [0.15, 0.2) is 47.2 Å². The van der Waals surface area contributed by atoms with Gasteiger partial charge in [-0.15, -0.1) is 0 Å². The van der Waals surface area contributed by atoms with Crippen LogP contribution in [0.1, 0.15) is 18.2 Å². The van der Waals surface area contributed by atoms with Gasteiger partial charge in [-0.1, -0.05) is 16.8 Å². The van der Waals surface area contributed by atoms with Crippen LogP contribution in [0.25, 0.3) is 11.4 Å². The van der Waals surface area contributed by atoms with E-state index in [4.69, 9.17) is 16.1 Å². The smallest absolute Gasteiger partial charge is 0.232 e. The van der Waals surface area contributed by atoms with Crippen molar-refractivity contribution >= 4 is 23.2 Å². The van der Waals surface area contributed by atoms with Crippen molar-refractivity contribution < 1.29 is 13.7 Å². The van der Waals surface area contributed by atoms with Crippen LogP contribution in [0.5, 0.6) is 0 Å². The zero-order chi connectivity index (χ0) is 17.4. The standard InChI is InChI=1S/C17H12ClFN4O2/c18-13-7-12(19)3-4-14(13)23-9-11(6-15(23)24)17-21-16(22-25-17)10-2-1-5-20-8-10/h1-5,7-8,11H,6,9H2. The van der Waals surface area contributed by atoms with Gasteiger partial charge in [-0.05, 0) is 30.3 Å². The first kappa shape index (κ1) is 15.7. The molecule has 1 amide bonds. The molecule has 25 heavy (non-hydrogen) atoms. The minimum Gasteiger partial charge on any atom is -0.339 e. The summed E-state index contributed by atoms with van der Waals surface area (Å²) in [6.45, 7) is 0.346. The fourth-order valence-electron chi connectivity index (χ4n) is 2.82. The van der Waals surface area contributed by atoms with Crippen molar-refractivity contribution in [2.24, 2.45) is 0 Å². The van der Waals surface area contributed by atoms with Crippen molar-refractivity contribution in [3.8, 4) is 11.4 Å². The summed E-state index contributed by atoms with van der Waals surface area (Å²) >= 11 is 6.06. The zero-order valence-corrected chi connectivity index (χ0v) is 13.7. The Morgan fingerprint density at radius 1 is 1.32 bits per heavy atom. The van der Waals surface area contributed by atoms with E-state index in [1.807, 2.05) is 6.07 Å². The van der Waals surface area contributed by atoms with E-state index >= 15 is 0 Å².